The third-order valence-electron chi connectivity index (χ3n) is 7.46. The van der Waals surface area contributed by atoms with Gasteiger partial charge in [-0.1, -0.05) is 31.0 Å². The Balaban J connectivity index is 1.15. The van der Waals surface area contributed by atoms with E-state index in [4.69, 9.17) is 4.42 Å². The molecule has 1 aromatic heterocycles. The molecule has 0 unspecified atom stereocenters. The molecule has 1 fully saturated rings. The highest BCUT2D eigenvalue weighted by Gasteiger charge is 2.28. The summed E-state index contributed by atoms with van der Waals surface area (Å²) < 4.78 is 5.62. The number of carbonyl (C=O) groups is 2. The van der Waals surface area contributed by atoms with Gasteiger partial charge in [0.1, 0.15) is 5.52 Å². The summed E-state index contributed by atoms with van der Waals surface area (Å²) in [6.07, 6.45) is 6.67. The lowest BCUT2D eigenvalue weighted by molar-refractivity contribution is 0.0966. The number of aromatic nitrogens is 1. The molecule has 0 aliphatic carbocycles. The number of rotatable bonds is 7. The summed E-state index contributed by atoms with van der Waals surface area (Å²) in [5.41, 5.74) is 6.51. The van der Waals surface area contributed by atoms with Crippen molar-refractivity contribution in [2.45, 2.75) is 32.2 Å². The third kappa shape index (κ3) is 4.87. The zero-order valence-corrected chi connectivity index (χ0v) is 21.3. The van der Waals surface area contributed by atoms with Crippen LogP contribution in [-0.4, -0.2) is 47.9 Å². The molecule has 38 heavy (non-hydrogen) atoms. The van der Waals surface area contributed by atoms with Gasteiger partial charge < -0.3 is 25.3 Å². The maximum absolute atomic E-state index is 13.1. The average Bonchev–Trinajstić information content (AvgIpc) is 3.49. The summed E-state index contributed by atoms with van der Waals surface area (Å²) in [4.78, 5) is 32.6. The van der Waals surface area contributed by atoms with E-state index in [0.717, 1.165) is 41.0 Å². The van der Waals surface area contributed by atoms with Crippen molar-refractivity contribution in [3.63, 3.8) is 0 Å². The zero-order chi connectivity index (χ0) is 25.9. The van der Waals surface area contributed by atoms with E-state index in [9.17, 15) is 9.59 Å². The Morgan fingerprint density at radius 3 is 2.61 bits per heavy atom. The van der Waals surface area contributed by atoms with E-state index in [1.165, 1.54) is 45.2 Å². The molecule has 8 nitrogen and oxygen atoms in total. The molecule has 0 bridgehead atoms. The lowest BCUT2D eigenvalue weighted by atomic mass is 9.95. The molecule has 194 valence electrons. The zero-order valence-electron chi connectivity index (χ0n) is 21.3. The number of oxazole rings is 1. The number of amides is 2. The predicted molar refractivity (Wildman–Crippen MR) is 148 cm³/mol. The Labute approximate surface area is 221 Å². The minimum Gasteiger partial charge on any atom is -0.443 e. The van der Waals surface area contributed by atoms with Gasteiger partial charge in [-0.05, 0) is 73.5 Å². The monoisotopic (exact) mass is 509 g/mol. The van der Waals surface area contributed by atoms with Crippen LogP contribution >= 0.6 is 0 Å². The van der Waals surface area contributed by atoms with Crippen molar-refractivity contribution in [3.05, 3.63) is 77.7 Å². The lowest BCUT2D eigenvalue weighted by Crippen LogP contribution is -2.29. The Kier molecular flexibility index (Phi) is 6.79. The summed E-state index contributed by atoms with van der Waals surface area (Å²) in [6.45, 7) is 4.64. The van der Waals surface area contributed by atoms with Crippen LogP contribution in [-0.2, 0) is 6.54 Å². The Morgan fingerprint density at radius 1 is 0.974 bits per heavy atom. The first-order valence-electron chi connectivity index (χ1n) is 13.3. The first kappa shape index (κ1) is 24.2. The first-order chi connectivity index (χ1) is 18.7. The average molecular weight is 510 g/mol. The van der Waals surface area contributed by atoms with Gasteiger partial charge in [0.05, 0.1) is 11.3 Å². The fourth-order valence-corrected chi connectivity index (χ4v) is 5.45. The second-order valence-electron chi connectivity index (χ2n) is 9.92. The summed E-state index contributed by atoms with van der Waals surface area (Å²) >= 11 is 0. The van der Waals surface area contributed by atoms with Crippen LogP contribution in [0.1, 0.15) is 52.0 Å². The van der Waals surface area contributed by atoms with E-state index in [1.807, 2.05) is 48.5 Å². The lowest BCUT2D eigenvalue weighted by Gasteiger charge is -2.20. The van der Waals surface area contributed by atoms with Gasteiger partial charge in [0.15, 0.2) is 12.0 Å². The van der Waals surface area contributed by atoms with Gasteiger partial charge in [0, 0.05) is 36.4 Å². The molecule has 0 spiro atoms. The van der Waals surface area contributed by atoms with E-state index < -0.39 is 0 Å². The molecule has 0 radical (unpaired) electrons. The molecule has 1 saturated heterocycles. The summed E-state index contributed by atoms with van der Waals surface area (Å²) in [5, 5.41) is 9.31. The quantitative estimate of drug-likeness (QED) is 0.314. The number of hydrogen-bond acceptors (Lipinski definition) is 6. The van der Waals surface area contributed by atoms with Crippen molar-refractivity contribution in [2.75, 3.05) is 36.8 Å². The van der Waals surface area contributed by atoms with Crippen molar-refractivity contribution in [1.29, 1.82) is 0 Å². The SMILES string of the molecule is O=C(Nc1ccc(-c2cccc3ncoc23)c2c1C(=O)NC2)c1ccc(NCCN2CCCCCC2)cc1. The number of hydrogen-bond donors (Lipinski definition) is 3. The van der Waals surface area contributed by atoms with Crippen molar-refractivity contribution in [3.8, 4) is 11.1 Å². The minimum absolute atomic E-state index is 0.203. The molecule has 0 atom stereocenters. The van der Waals surface area contributed by atoms with Crippen LogP contribution in [0.4, 0.5) is 11.4 Å². The Bertz CT molecular complexity index is 1470. The van der Waals surface area contributed by atoms with Crippen LogP contribution in [0.3, 0.4) is 0 Å². The second kappa shape index (κ2) is 10.7. The minimum atomic E-state index is -0.256. The fraction of sp³-hybridized carbons (Fsp3) is 0.300. The molecular formula is C30H31N5O3. The number of carbonyl (C=O) groups excluding carboxylic acids is 2. The Hall–Kier alpha value is -4.17. The van der Waals surface area contributed by atoms with Crippen LogP contribution in [0.5, 0.6) is 0 Å². The number of nitrogens with zero attached hydrogens (tertiary/aromatic N) is 2. The number of nitrogens with one attached hydrogen (secondary N) is 3. The van der Waals surface area contributed by atoms with Crippen molar-refractivity contribution < 1.29 is 14.0 Å². The fourth-order valence-electron chi connectivity index (χ4n) is 5.45. The molecule has 2 aliphatic rings. The van der Waals surface area contributed by atoms with E-state index >= 15 is 0 Å². The first-order valence-corrected chi connectivity index (χ1v) is 13.3. The van der Waals surface area contributed by atoms with Gasteiger partial charge in [-0.25, -0.2) is 4.98 Å². The summed E-state index contributed by atoms with van der Waals surface area (Å²) in [6, 6.07) is 16.9. The highest BCUT2D eigenvalue weighted by atomic mass is 16.3. The van der Waals surface area contributed by atoms with E-state index in [2.05, 4.69) is 25.8 Å². The van der Waals surface area contributed by atoms with Gasteiger partial charge in [-0.15, -0.1) is 0 Å². The number of anilines is 2. The maximum Gasteiger partial charge on any atom is 0.255 e. The smallest absolute Gasteiger partial charge is 0.255 e. The van der Waals surface area contributed by atoms with Crippen LogP contribution in [0, 0.1) is 0 Å². The van der Waals surface area contributed by atoms with Crippen LogP contribution in [0.2, 0.25) is 0 Å². The van der Waals surface area contributed by atoms with Gasteiger partial charge in [-0.3, -0.25) is 9.59 Å². The molecular weight excluding hydrogens is 478 g/mol. The van der Waals surface area contributed by atoms with Crippen molar-refractivity contribution >= 4 is 34.3 Å². The van der Waals surface area contributed by atoms with E-state index in [0.29, 0.717) is 28.9 Å². The molecule has 6 rings (SSSR count). The number of para-hydroxylation sites is 1. The van der Waals surface area contributed by atoms with Gasteiger partial charge >= 0.3 is 0 Å². The van der Waals surface area contributed by atoms with Crippen molar-refractivity contribution in [1.82, 2.24) is 15.2 Å². The van der Waals surface area contributed by atoms with Gasteiger partial charge in [0.25, 0.3) is 11.8 Å². The third-order valence-corrected chi connectivity index (χ3v) is 7.46. The molecule has 8 heteroatoms. The molecule has 3 aromatic carbocycles. The highest BCUT2D eigenvalue weighted by Crippen LogP contribution is 2.37. The van der Waals surface area contributed by atoms with E-state index in [-0.39, 0.29) is 11.8 Å². The maximum atomic E-state index is 13.1. The van der Waals surface area contributed by atoms with Gasteiger partial charge in [0.2, 0.25) is 0 Å². The van der Waals surface area contributed by atoms with Crippen molar-refractivity contribution in [2.24, 2.45) is 0 Å². The van der Waals surface area contributed by atoms with Gasteiger partial charge in [-0.2, -0.15) is 0 Å². The van der Waals surface area contributed by atoms with E-state index in [1.54, 1.807) is 6.07 Å². The summed E-state index contributed by atoms with van der Waals surface area (Å²) in [5.74, 6) is -0.459. The predicted octanol–water partition coefficient (Wildman–Crippen LogP) is 5.28. The second-order valence-corrected chi connectivity index (χ2v) is 9.92. The molecule has 0 saturated carbocycles. The summed E-state index contributed by atoms with van der Waals surface area (Å²) in [7, 11) is 0. The molecule has 2 amide bonds. The number of fused-ring (bicyclic) bond motifs is 2. The molecule has 3 heterocycles. The largest absolute Gasteiger partial charge is 0.443 e. The van der Waals surface area contributed by atoms with Crippen LogP contribution in [0.15, 0.2) is 65.4 Å². The number of benzene rings is 3. The highest BCUT2D eigenvalue weighted by molar-refractivity contribution is 6.12. The molecule has 2 aliphatic heterocycles. The van der Waals surface area contributed by atoms with Crippen LogP contribution in [0.25, 0.3) is 22.2 Å². The number of likely N-dealkylation sites (tertiary alicyclic amines) is 1. The topological polar surface area (TPSA) is 99.5 Å². The normalized spacial score (nSPS) is 15.6. The standard InChI is InChI=1S/C30H31N5O3/c36-29(20-8-10-21(11-9-20)31-14-17-35-15-3-1-2-4-16-35)34-25-13-12-22(24-18-32-30(37)27(24)25)23-6-5-7-26-28(23)38-19-33-26/h5-13,19,31H,1-4,14-18H2,(H,32,37)(H,34,36). The Morgan fingerprint density at radius 2 is 1.79 bits per heavy atom. The molecule has 3 N–H and O–H groups in total. The van der Waals surface area contributed by atoms with Crippen LogP contribution < -0.4 is 16.0 Å². The molecule has 4 aromatic rings.